The molecule has 0 aromatic rings. The van der Waals surface area contributed by atoms with Gasteiger partial charge in [-0.15, -0.1) is 0 Å². The highest BCUT2D eigenvalue weighted by molar-refractivity contribution is 9.10. The first-order valence-corrected chi connectivity index (χ1v) is 5.67. The molecule has 0 heterocycles. The summed E-state index contributed by atoms with van der Waals surface area (Å²) in [7, 11) is 0. The lowest BCUT2D eigenvalue weighted by molar-refractivity contribution is -0.356. The first kappa shape index (κ1) is 18.5. The number of rotatable bonds is 5. The van der Waals surface area contributed by atoms with Crippen LogP contribution < -0.4 is 0 Å². The fourth-order valence-electron chi connectivity index (χ4n) is 1.09. The zero-order valence-corrected chi connectivity index (χ0v) is 11.3. The van der Waals surface area contributed by atoms with Gasteiger partial charge in [0.15, 0.2) is 0 Å². The van der Waals surface area contributed by atoms with E-state index in [2.05, 4.69) is 20.7 Å². The summed E-state index contributed by atoms with van der Waals surface area (Å²) in [6, 6.07) is 0. The Labute approximate surface area is 112 Å². The van der Waals surface area contributed by atoms with Gasteiger partial charge < -0.3 is 4.74 Å². The van der Waals surface area contributed by atoms with E-state index in [1.165, 1.54) is 6.92 Å². The Kier molecular flexibility index (Phi) is 5.30. The number of alkyl halides is 8. The summed E-state index contributed by atoms with van der Waals surface area (Å²) in [5, 5.41) is 0. The van der Waals surface area contributed by atoms with Gasteiger partial charge in [-0.1, -0.05) is 15.9 Å². The summed E-state index contributed by atoms with van der Waals surface area (Å²) in [5.74, 6) is -13.1. The number of halogens is 8. The largest absolute Gasteiger partial charge is 0.465 e. The van der Waals surface area contributed by atoms with Gasteiger partial charge in [0.2, 0.25) is 0 Å². The Balaban J connectivity index is 5.21. The van der Waals surface area contributed by atoms with Crippen LogP contribution in [0.3, 0.4) is 0 Å². The fourth-order valence-corrected chi connectivity index (χ4v) is 1.56. The minimum atomic E-state index is -6.42. The Bertz CT molecular complexity index is 338. The standard InChI is InChI=1S/C9H10BrF7O2/c1-3-19-5(18)6(2,10)4-7(11,12)8(13,14)9(15,16)17/h3-4H2,1-2H3. The minimum absolute atomic E-state index is 0.235. The van der Waals surface area contributed by atoms with Gasteiger partial charge in [0.1, 0.15) is 4.32 Å². The summed E-state index contributed by atoms with van der Waals surface area (Å²) >= 11 is 2.39. The van der Waals surface area contributed by atoms with E-state index < -0.39 is 34.7 Å². The van der Waals surface area contributed by atoms with Crippen molar-refractivity contribution < 1.29 is 40.3 Å². The molecule has 0 N–H and O–H groups in total. The maximum atomic E-state index is 13.1. The molecule has 0 radical (unpaired) electrons. The summed E-state index contributed by atoms with van der Waals surface area (Å²) in [6.45, 7) is 1.82. The van der Waals surface area contributed by atoms with Crippen LogP contribution in [0.2, 0.25) is 0 Å². The summed E-state index contributed by atoms with van der Waals surface area (Å²) in [4.78, 5) is 11.2. The van der Waals surface area contributed by atoms with E-state index in [9.17, 15) is 35.5 Å². The summed E-state index contributed by atoms with van der Waals surface area (Å²) < 4.78 is 89.1. The van der Waals surface area contributed by atoms with Gasteiger partial charge in [-0.3, -0.25) is 4.79 Å². The SMILES string of the molecule is CCOC(=O)C(C)(Br)CC(F)(F)C(F)(F)C(F)(F)F. The van der Waals surface area contributed by atoms with Gasteiger partial charge in [0, 0.05) is 6.42 Å². The highest BCUT2D eigenvalue weighted by Crippen LogP contribution is 2.50. The van der Waals surface area contributed by atoms with Gasteiger partial charge in [0.25, 0.3) is 0 Å². The smallest absolute Gasteiger partial charge is 0.459 e. The molecule has 0 rings (SSSR count). The van der Waals surface area contributed by atoms with Gasteiger partial charge in [0.05, 0.1) is 6.61 Å². The molecule has 0 bridgehead atoms. The maximum Gasteiger partial charge on any atom is 0.459 e. The third kappa shape index (κ3) is 3.96. The third-order valence-electron chi connectivity index (χ3n) is 2.07. The molecule has 0 aromatic heterocycles. The first-order valence-electron chi connectivity index (χ1n) is 4.87. The Hall–Kier alpha value is -0.540. The molecule has 0 spiro atoms. The lowest BCUT2D eigenvalue weighted by atomic mass is 9.98. The zero-order valence-electron chi connectivity index (χ0n) is 9.75. The van der Waals surface area contributed by atoms with E-state index in [1.54, 1.807) is 0 Å². The van der Waals surface area contributed by atoms with Crippen LogP contribution in [0, 0.1) is 0 Å². The molecule has 0 saturated carbocycles. The van der Waals surface area contributed by atoms with E-state index in [0.29, 0.717) is 0 Å². The van der Waals surface area contributed by atoms with Crippen molar-refractivity contribution in [3.05, 3.63) is 0 Å². The zero-order chi connectivity index (χ0) is 15.7. The second-order valence-electron chi connectivity index (χ2n) is 3.87. The van der Waals surface area contributed by atoms with Gasteiger partial charge in [-0.2, -0.15) is 30.7 Å². The average molecular weight is 363 g/mol. The van der Waals surface area contributed by atoms with Crippen molar-refractivity contribution in [1.82, 2.24) is 0 Å². The lowest BCUT2D eigenvalue weighted by Gasteiger charge is -2.32. The van der Waals surface area contributed by atoms with Gasteiger partial charge >= 0.3 is 24.0 Å². The van der Waals surface area contributed by atoms with Crippen LogP contribution in [0.15, 0.2) is 0 Å². The molecular weight excluding hydrogens is 353 g/mol. The van der Waals surface area contributed by atoms with E-state index in [0.717, 1.165) is 6.92 Å². The highest BCUT2D eigenvalue weighted by Gasteiger charge is 2.74. The van der Waals surface area contributed by atoms with Crippen LogP contribution in [-0.2, 0) is 9.53 Å². The Morgan fingerprint density at radius 3 is 1.84 bits per heavy atom. The van der Waals surface area contributed by atoms with E-state index in [4.69, 9.17) is 0 Å². The number of hydrogen-bond acceptors (Lipinski definition) is 2. The molecular formula is C9H10BrF7O2. The lowest BCUT2D eigenvalue weighted by Crippen LogP contribution is -2.55. The van der Waals surface area contributed by atoms with Gasteiger partial charge in [-0.25, -0.2) is 0 Å². The second kappa shape index (κ2) is 5.45. The van der Waals surface area contributed by atoms with Crippen LogP contribution in [-0.4, -0.2) is 34.9 Å². The summed E-state index contributed by atoms with van der Waals surface area (Å²) in [6.07, 6.45) is -8.49. The first-order chi connectivity index (χ1) is 8.19. The maximum absolute atomic E-state index is 13.1. The molecule has 0 aliphatic carbocycles. The number of esters is 1. The number of carbonyl (C=O) groups excluding carboxylic acids is 1. The predicted molar refractivity (Wildman–Crippen MR) is 54.5 cm³/mol. The Morgan fingerprint density at radius 2 is 1.53 bits per heavy atom. The Morgan fingerprint density at radius 1 is 1.11 bits per heavy atom. The molecule has 2 nitrogen and oxygen atoms in total. The third-order valence-corrected chi connectivity index (χ3v) is 2.67. The van der Waals surface area contributed by atoms with Crippen LogP contribution in [0.1, 0.15) is 20.3 Å². The molecule has 19 heavy (non-hydrogen) atoms. The van der Waals surface area contributed by atoms with E-state index in [-0.39, 0.29) is 6.61 Å². The molecule has 0 amide bonds. The monoisotopic (exact) mass is 362 g/mol. The molecule has 10 heteroatoms. The van der Waals surface area contributed by atoms with E-state index in [1.807, 2.05) is 0 Å². The van der Waals surface area contributed by atoms with Crippen LogP contribution >= 0.6 is 15.9 Å². The van der Waals surface area contributed by atoms with Crippen molar-refractivity contribution in [3.8, 4) is 0 Å². The molecule has 0 saturated heterocycles. The molecule has 0 aliphatic rings. The topological polar surface area (TPSA) is 26.3 Å². The van der Waals surface area contributed by atoms with Crippen molar-refractivity contribution in [2.24, 2.45) is 0 Å². The van der Waals surface area contributed by atoms with Crippen LogP contribution in [0.5, 0.6) is 0 Å². The predicted octanol–water partition coefficient (Wildman–Crippen LogP) is 3.93. The minimum Gasteiger partial charge on any atom is -0.465 e. The van der Waals surface area contributed by atoms with Gasteiger partial charge in [-0.05, 0) is 13.8 Å². The normalized spacial score (nSPS) is 16.9. The number of carbonyl (C=O) groups is 1. The van der Waals surface area contributed by atoms with Crippen molar-refractivity contribution in [2.75, 3.05) is 6.61 Å². The molecule has 1 unspecified atom stereocenters. The van der Waals surface area contributed by atoms with E-state index >= 15 is 0 Å². The molecule has 0 aliphatic heterocycles. The highest BCUT2D eigenvalue weighted by atomic mass is 79.9. The molecule has 1 atom stereocenters. The number of hydrogen-bond donors (Lipinski definition) is 0. The molecule has 0 aromatic carbocycles. The van der Waals surface area contributed by atoms with Crippen molar-refractivity contribution in [1.29, 1.82) is 0 Å². The van der Waals surface area contributed by atoms with Crippen LogP contribution in [0.4, 0.5) is 30.7 Å². The van der Waals surface area contributed by atoms with Crippen molar-refractivity contribution in [2.45, 2.75) is 42.6 Å². The quantitative estimate of drug-likeness (QED) is 0.421. The summed E-state index contributed by atoms with van der Waals surface area (Å²) in [5.41, 5.74) is 0. The van der Waals surface area contributed by atoms with Crippen molar-refractivity contribution >= 4 is 21.9 Å². The average Bonchev–Trinajstić information content (AvgIpc) is 2.14. The second-order valence-corrected chi connectivity index (χ2v) is 5.62. The van der Waals surface area contributed by atoms with Crippen LogP contribution in [0.25, 0.3) is 0 Å². The molecule has 114 valence electrons. The molecule has 0 fully saturated rings. The fraction of sp³-hybridized carbons (Fsp3) is 0.889. The van der Waals surface area contributed by atoms with Crippen molar-refractivity contribution in [3.63, 3.8) is 0 Å². The number of ether oxygens (including phenoxy) is 1.